The average molecular weight is 609 g/mol. The van der Waals surface area contributed by atoms with Gasteiger partial charge < -0.3 is 19.5 Å². The summed E-state index contributed by atoms with van der Waals surface area (Å²) in [5, 5.41) is 14.6. The lowest BCUT2D eigenvalue weighted by Gasteiger charge is -2.41. The number of hydrogen-bond donors (Lipinski definition) is 1. The number of halogens is 3. The van der Waals surface area contributed by atoms with Crippen LogP contribution in [0.5, 0.6) is 5.75 Å². The Morgan fingerprint density at radius 1 is 1.02 bits per heavy atom. The quantitative estimate of drug-likeness (QED) is 0.263. The fraction of sp³-hybridized carbons (Fsp3) is 0.424. The van der Waals surface area contributed by atoms with Gasteiger partial charge in [-0.15, -0.1) is 0 Å². The highest BCUT2D eigenvalue weighted by Gasteiger charge is 2.34. The summed E-state index contributed by atoms with van der Waals surface area (Å²) >= 11 is 0. The smallest absolute Gasteiger partial charge is 0.416 e. The molecule has 232 valence electrons. The fourth-order valence-electron chi connectivity index (χ4n) is 6.08. The Bertz CT molecular complexity index is 1690. The van der Waals surface area contributed by atoms with Gasteiger partial charge in [0.25, 0.3) is 0 Å². The Kier molecular flexibility index (Phi) is 8.00. The molecule has 3 aliphatic rings. The molecule has 0 aliphatic carbocycles. The van der Waals surface area contributed by atoms with Gasteiger partial charge >= 0.3 is 12.1 Å². The van der Waals surface area contributed by atoms with Crippen LogP contribution in [0.2, 0.25) is 0 Å². The van der Waals surface area contributed by atoms with Crippen LogP contribution in [0, 0.1) is 6.92 Å². The largest absolute Gasteiger partial charge is 0.493 e. The van der Waals surface area contributed by atoms with Crippen LogP contribution in [0.3, 0.4) is 0 Å². The van der Waals surface area contributed by atoms with Crippen LogP contribution < -0.4 is 9.64 Å². The molecule has 0 saturated carbocycles. The van der Waals surface area contributed by atoms with Gasteiger partial charge in [-0.1, -0.05) is 18.2 Å². The summed E-state index contributed by atoms with van der Waals surface area (Å²) < 4.78 is 55.3. The first-order valence-corrected chi connectivity index (χ1v) is 15.0. The number of fused-ring (bicyclic) bond motifs is 8. The third-order valence-corrected chi connectivity index (χ3v) is 8.60. The molecule has 0 spiro atoms. The normalized spacial score (nSPS) is 17.3. The van der Waals surface area contributed by atoms with Crippen molar-refractivity contribution in [2.75, 3.05) is 31.2 Å². The van der Waals surface area contributed by atoms with Crippen LogP contribution in [0.15, 0.2) is 48.5 Å². The van der Waals surface area contributed by atoms with Crippen LogP contribution in [-0.4, -0.2) is 57.6 Å². The van der Waals surface area contributed by atoms with E-state index in [0.29, 0.717) is 77.2 Å². The molecule has 0 atom stereocenters. The maximum absolute atomic E-state index is 13.7. The fourth-order valence-corrected chi connectivity index (χ4v) is 6.08. The summed E-state index contributed by atoms with van der Waals surface area (Å²) in [4.78, 5) is 18.8. The molecule has 4 aromatic rings. The Balaban J connectivity index is 1.50. The van der Waals surface area contributed by atoms with Crippen molar-refractivity contribution in [2.45, 2.75) is 64.1 Å². The average Bonchev–Trinajstić information content (AvgIpc) is 3.40. The highest BCUT2D eigenvalue weighted by molar-refractivity contribution is 5.78. The van der Waals surface area contributed by atoms with Crippen molar-refractivity contribution in [1.29, 1.82) is 0 Å². The van der Waals surface area contributed by atoms with E-state index in [1.54, 1.807) is 22.7 Å². The number of piperidine rings is 1. The summed E-state index contributed by atoms with van der Waals surface area (Å²) in [5.74, 6) is 0.120. The number of rotatable bonds is 2. The number of carbonyl (C=O) groups is 1. The molecule has 1 fully saturated rings. The first kappa shape index (κ1) is 29.9. The van der Waals surface area contributed by atoms with Crippen molar-refractivity contribution >= 4 is 17.4 Å². The first-order chi connectivity index (χ1) is 21.0. The highest BCUT2D eigenvalue weighted by Crippen LogP contribution is 2.39. The van der Waals surface area contributed by atoms with Crippen LogP contribution in [-0.2, 0) is 22.1 Å². The Labute approximate surface area is 253 Å². The van der Waals surface area contributed by atoms with Gasteiger partial charge in [0.2, 0.25) is 0 Å². The number of aromatic nitrogens is 3. The van der Waals surface area contributed by atoms with Gasteiger partial charge in [0.1, 0.15) is 11.6 Å². The topological polar surface area (TPSA) is 89.2 Å². The molecular weight excluding hydrogens is 573 g/mol. The zero-order valence-corrected chi connectivity index (χ0v) is 24.8. The lowest BCUT2D eigenvalue weighted by Crippen LogP contribution is -2.45. The van der Waals surface area contributed by atoms with Crippen LogP contribution in [0.1, 0.15) is 55.8 Å². The molecular formula is C33H35F3N4O4. The maximum atomic E-state index is 13.7. The predicted molar refractivity (Wildman–Crippen MR) is 160 cm³/mol. The van der Waals surface area contributed by atoms with E-state index in [1.165, 1.54) is 6.07 Å². The molecule has 2 aromatic carbocycles. The van der Waals surface area contributed by atoms with E-state index >= 15 is 0 Å². The monoisotopic (exact) mass is 608 g/mol. The van der Waals surface area contributed by atoms with Crippen LogP contribution in [0.4, 0.5) is 19.0 Å². The van der Waals surface area contributed by atoms with Gasteiger partial charge in [-0.05, 0) is 75.8 Å². The minimum absolute atomic E-state index is 0.197. The number of benzene rings is 2. The Morgan fingerprint density at radius 3 is 2.52 bits per heavy atom. The number of carboxylic acids is 1. The number of hydrogen-bond acceptors (Lipinski definition) is 6. The molecule has 1 N–H and O–H groups in total. The van der Waals surface area contributed by atoms with E-state index in [9.17, 15) is 23.1 Å². The molecule has 0 unspecified atom stereocenters. The molecule has 8 nitrogen and oxygen atoms in total. The molecule has 5 heterocycles. The number of ether oxygens (including phenoxy) is 2. The number of alkyl halides is 3. The van der Waals surface area contributed by atoms with E-state index in [4.69, 9.17) is 19.6 Å². The third kappa shape index (κ3) is 6.10. The predicted octanol–water partition coefficient (Wildman–Crippen LogP) is 6.96. The van der Waals surface area contributed by atoms with Crippen molar-refractivity contribution in [1.82, 2.24) is 14.6 Å². The van der Waals surface area contributed by atoms with Crippen molar-refractivity contribution < 1.29 is 32.5 Å². The van der Waals surface area contributed by atoms with Gasteiger partial charge in [0.15, 0.2) is 5.65 Å². The number of nitrogens with zero attached hydrogens (tertiary/aromatic N) is 4. The van der Waals surface area contributed by atoms with Crippen molar-refractivity contribution in [3.05, 3.63) is 65.4 Å². The summed E-state index contributed by atoms with van der Waals surface area (Å²) in [7, 11) is 0. The van der Waals surface area contributed by atoms with E-state index in [0.717, 1.165) is 44.2 Å². The summed E-state index contributed by atoms with van der Waals surface area (Å²) in [6.07, 6.45) is -0.701. The van der Waals surface area contributed by atoms with Crippen molar-refractivity contribution in [3.63, 3.8) is 0 Å². The van der Waals surface area contributed by atoms with Gasteiger partial charge in [-0.2, -0.15) is 22.8 Å². The summed E-state index contributed by atoms with van der Waals surface area (Å²) in [6, 6.07) is 12.6. The van der Waals surface area contributed by atoms with Crippen molar-refractivity contribution in [3.8, 4) is 28.1 Å². The number of carboxylic acid groups (broad SMARTS) is 1. The van der Waals surface area contributed by atoms with E-state index in [1.807, 2.05) is 19.1 Å². The lowest BCUT2D eigenvalue weighted by atomic mass is 9.92. The minimum Gasteiger partial charge on any atom is -0.493 e. The van der Waals surface area contributed by atoms with Gasteiger partial charge in [0.05, 0.1) is 29.9 Å². The van der Waals surface area contributed by atoms with Gasteiger partial charge in [0, 0.05) is 48.1 Å². The van der Waals surface area contributed by atoms with E-state index in [-0.39, 0.29) is 12.0 Å². The third-order valence-electron chi connectivity index (χ3n) is 8.60. The molecule has 1 saturated heterocycles. The van der Waals surface area contributed by atoms with Gasteiger partial charge in [-0.25, -0.2) is 4.98 Å². The van der Waals surface area contributed by atoms with E-state index < -0.39 is 17.7 Å². The number of aliphatic carboxylic acids is 1. The highest BCUT2D eigenvalue weighted by atomic mass is 19.4. The van der Waals surface area contributed by atoms with Crippen molar-refractivity contribution in [2.24, 2.45) is 0 Å². The van der Waals surface area contributed by atoms with Crippen LogP contribution in [0.25, 0.3) is 28.0 Å². The Hall–Kier alpha value is -4.12. The Morgan fingerprint density at radius 2 is 1.77 bits per heavy atom. The molecule has 44 heavy (non-hydrogen) atoms. The molecule has 6 bridgehead atoms. The second-order valence-electron chi connectivity index (χ2n) is 11.9. The SMILES string of the molecule is Cc1nc2cc3nn2c(c1CC(=O)O)N1CCC(C)(CC1)OCCCCCOc1ccc(C(F)(F)F)cc1-c1cccc-3c1. The molecule has 11 heteroatoms. The van der Waals surface area contributed by atoms with Gasteiger partial charge in [-0.3, -0.25) is 4.79 Å². The van der Waals surface area contributed by atoms with Crippen LogP contribution >= 0.6 is 0 Å². The summed E-state index contributed by atoms with van der Waals surface area (Å²) in [5.41, 5.74) is 2.90. The number of anilines is 1. The second kappa shape index (κ2) is 11.8. The summed E-state index contributed by atoms with van der Waals surface area (Å²) in [6.45, 7) is 6.24. The standard InChI is InChI=1S/C33H35F3N4O4/c1-21-25(19-30(41)42)31-39-13-11-32(2,12-14-39)44-16-5-3-4-15-43-28-10-9-24(33(34,35)36)18-26(28)22-7-6-8-23(17-22)27-20-29(37-21)40(31)38-27/h6-10,17-18,20H,3-5,11-16,19H2,1-2H3,(H,41,42). The number of aryl methyl sites for hydroxylation is 1. The zero-order valence-electron chi connectivity index (χ0n) is 24.8. The molecule has 3 aliphatic heterocycles. The molecule has 0 radical (unpaired) electrons. The second-order valence-corrected chi connectivity index (χ2v) is 11.9. The molecule has 0 amide bonds. The van der Waals surface area contributed by atoms with E-state index in [2.05, 4.69) is 11.8 Å². The molecule has 7 rings (SSSR count). The first-order valence-electron chi connectivity index (χ1n) is 15.0. The molecule has 2 aromatic heterocycles. The minimum atomic E-state index is -4.50. The maximum Gasteiger partial charge on any atom is 0.416 e. The lowest BCUT2D eigenvalue weighted by molar-refractivity contribution is -0.138. The zero-order chi connectivity index (χ0) is 31.1.